The van der Waals surface area contributed by atoms with Gasteiger partial charge < -0.3 is 14.6 Å². The molecule has 2 aromatic heterocycles. The van der Waals surface area contributed by atoms with Gasteiger partial charge in [0.25, 0.3) is 0 Å². The minimum atomic E-state index is -4.78. The second kappa shape index (κ2) is 7.80. The molecule has 2 heterocycles. The van der Waals surface area contributed by atoms with Gasteiger partial charge in [-0.1, -0.05) is 18.3 Å². The summed E-state index contributed by atoms with van der Waals surface area (Å²) in [5.74, 6) is -0.888. The molecule has 0 aliphatic heterocycles. The van der Waals surface area contributed by atoms with Gasteiger partial charge in [-0.25, -0.2) is 14.4 Å². The van der Waals surface area contributed by atoms with Crippen molar-refractivity contribution in [2.24, 2.45) is 7.05 Å². The highest BCUT2D eigenvalue weighted by molar-refractivity contribution is 7.22. The number of fused-ring (bicyclic) bond motifs is 2. The number of thiazole rings is 1. The molecule has 162 valence electrons. The Hall–Kier alpha value is -3.21. The Bertz CT molecular complexity index is 1300. The Labute approximate surface area is 177 Å². The van der Waals surface area contributed by atoms with Gasteiger partial charge in [0.2, 0.25) is 5.95 Å². The normalized spacial score (nSPS) is 11.9. The van der Waals surface area contributed by atoms with E-state index in [1.807, 2.05) is 6.92 Å². The van der Waals surface area contributed by atoms with E-state index in [9.17, 15) is 22.4 Å². The van der Waals surface area contributed by atoms with E-state index in [4.69, 9.17) is 0 Å². The number of benzene rings is 2. The molecule has 0 aliphatic carbocycles. The average molecular weight is 452 g/mol. The van der Waals surface area contributed by atoms with Gasteiger partial charge in [0.1, 0.15) is 11.6 Å². The number of hydrogen-bond acceptors (Lipinski definition) is 6. The Morgan fingerprint density at radius 2 is 1.97 bits per heavy atom. The van der Waals surface area contributed by atoms with E-state index in [0.29, 0.717) is 38.8 Å². The van der Waals surface area contributed by atoms with Crippen LogP contribution in [0, 0.1) is 5.82 Å². The first-order valence-corrected chi connectivity index (χ1v) is 10.1. The molecule has 0 atom stereocenters. The Morgan fingerprint density at radius 3 is 2.68 bits per heavy atom. The number of carbonyl (C=O) groups excluding carboxylic acids is 1. The molecule has 0 saturated heterocycles. The molecule has 6 nitrogen and oxygen atoms in total. The van der Waals surface area contributed by atoms with Crippen molar-refractivity contribution in [1.29, 1.82) is 0 Å². The van der Waals surface area contributed by atoms with E-state index >= 15 is 0 Å². The SMILES string of the molecule is CCCC(=O)c1cc2nc(Nc3nc4ccc(OC(F)(F)F)cc4s3)n(C)c2cc1F. The summed E-state index contributed by atoms with van der Waals surface area (Å²) in [7, 11) is 1.67. The predicted octanol–water partition coefficient (Wildman–Crippen LogP) is 5.95. The van der Waals surface area contributed by atoms with Crippen molar-refractivity contribution in [1.82, 2.24) is 14.5 Å². The first-order valence-electron chi connectivity index (χ1n) is 9.27. The number of aromatic nitrogens is 3. The van der Waals surface area contributed by atoms with Crippen LogP contribution in [0.2, 0.25) is 0 Å². The van der Waals surface area contributed by atoms with Crippen LogP contribution in [0.4, 0.5) is 28.6 Å². The van der Waals surface area contributed by atoms with Crippen molar-refractivity contribution in [2.75, 3.05) is 5.32 Å². The lowest BCUT2D eigenvalue weighted by Gasteiger charge is -2.07. The van der Waals surface area contributed by atoms with Gasteiger partial charge in [0.15, 0.2) is 10.9 Å². The summed E-state index contributed by atoms with van der Waals surface area (Å²) in [5.41, 5.74) is 1.40. The third kappa shape index (κ3) is 4.31. The second-order valence-corrected chi connectivity index (χ2v) is 7.84. The van der Waals surface area contributed by atoms with Crippen LogP contribution >= 0.6 is 11.3 Å². The van der Waals surface area contributed by atoms with E-state index in [1.165, 1.54) is 30.3 Å². The first-order chi connectivity index (χ1) is 14.6. The summed E-state index contributed by atoms with van der Waals surface area (Å²) in [4.78, 5) is 20.9. The fourth-order valence-electron chi connectivity index (χ4n) is 3.15. The topological polar surface area (TPSA) is 69.0 Å². The van der Waals surface area contributed by atoms with Crippen LogP contribution in [-0.2, 0) is 7.05 Å². The number of anilines is 2. The molecule has 0 saturated carbocycles. The standard InChI is InChI=1S/C20H16F4N4O2S/c1-3-4-16(29)11-8-14-15(9-12(11)21)28(2)18(25-14)27-19-26-13-6-5-10(7-17(13)31-19)30-20(22,23)24/h5-9H,3-4H2,1-2H3,(H,25,26,27). The zero-order valence-corrected chi connectivity index (χ0v) is 17.2. The molecule has 2 aromatic carbocycles. The van der Waals surface area contributed by atoms with Crippen LogP contribution < -0.4 is 10.1 Å². The van der Waals surface area contributed by atoms with Gasteiger partial charge in [0.05, 0.1) is 26.8 Å². The summed E-state index contributed by atoms with van der Waals surface area (Å²) in [5, 5.41) is 3.39. The fourth-order valence-corrected chi connectivity index (χ4v) is 4.04. The number of aryl methyl sites for hydroxylation is 1. The Morgan fingerprint density at radius 1 is 1.19 bits per heavy atom. The summed E-state index contributed by atoms with van der Waals surface area (Å²) < 4.78 is 57.7. The molecule has 0 fully saturated rings. The number of alkyl halides is 3. The number of ketones is 1. The maximum Gasteiger partial charge on any atom is 0.573 e. The second-order valence-electron chi connectivity index (χ2n) is 6.81. The lowest BCUT2D eigenvalue weighted by molar-refractivity contribution is -0.274. The van der Waals surface area contributed by atoms with Crippen LogP contribution in [0.3, 0.4) is 0 Å². The van der Waals surface area contributed by atoms with Crippen LogP contribution in [0.5, 0.6) is 5.75 Å². The molecule has 0 bridgehead atoms. The Kier molecular flexibility index (Phi) is 5.29. The number of carbonyl (C=O) groups is 1. The maximum absolute atomic E-state index is 14.4. The minimum Gasteiger partial charge on any atom is -0.406 e. The van der Waals surface area contributed by atoms with E-state index < -0.39 is 12.2 Å². The number of rotatable bonds is 6. The zero-order chi connectivity index (χ0) is 22.3. The summed E-state index contributed by atoms with van der Waals surface area (Å²) >= 11 is 1.12. The predicted molar refractivity (Wildman–Crippen MR) is 109 cm³/mol. The van der Waals surface area contributed by atoms with Crippen molar-refractivity contribution >= 4 is 49.4 Å². The molecule has 0 aliphatic rings. The summed E-state index contributed by atoms with van der Waals surface area (Å²) in [6.07, 6.45) is -3.93. The quantitative estimate of drug-likeness (QED) is 0.289. The third-order valence-corrected chi connectivity index (χ3v) is 5.49. The molecule has 31 heavy (non-hydrogen) atoms. The number of ether oxygens (including phenoxy) is 1. The molecule has 11 heteroatoms. The van der Waals surface area contributed by atoms with Gasteiger partial charge in [0, 0.05) is 25.6 Å². The van der Waals surface area contributed by atoms with Gasteiger partial charge >= 0.3 is 6.36 Å². The van der Waals surface area contributed by atoms with Crippen LogP contribution in [0.1, 0.15) is 30.1 Å². The largest absolute Gasteiger partial charge is 0.573 e. The van der Waals surface area contributed by atoms with Crippen molar-refractivity contribution in [2.45, 2.75) is 26.1 Å². The molecular weight excluding hydrogens is 436 g/mol. The van der Waals surface area contributed by atoms with Crippen molar-refractivity contribution < 1.29 is 27.1 Å². The number of Topliss-reactive ketones (excluding diaryl/α,β-unsaturated/α-hetero) is 1. The fraction of sp³-hybridized carbons (Fsp3) is 0.250. The number of nitrogens with one attached hydrogen (secondary N) is 1. The molecule has 0 spiro atoms. The van der Waals surface area contributed by atoms with Crippen LogP contribution in [0.25, 0.3) is 21.3 Å². The summed E-state index contributed by atoms with van der Waals surface area (Å²) in [6, 6.07) is 6.55. The average Bonchev–Trinajstić information content (AvgIpc) is 3.20. The molecule has 0 amide bonds. The monoisotopic (exact) mass is 452 g/mol. The third-order valence-electron chi connectivity index (χ3n) is 4.56. The highest BCUT2D eigenvalue weighted by atomic mass is 32.1. The summed E-state index contributed by atoms with van der Waals surface area (Å²) in [6.45, 7) is 1.84. The Balaban J connectivity index is 1.65. The molecule has 0 unspecified atom stereocenters. The lowest BCUT2D eigenvalue weighted by atomic mass is 10.1. The minimum absolute atomic E-state index is 0.00354. The van der Waals surface area contributed by atoms with Crippen molar-refractivity contribution in [3.05, 3.63) is 41.7 Å². The molecule has 0 radical (unpaired) electrons. The highest BCUT2D eigenvalue weighted by Crippen LogP contribution is 2.33. The zero-order valence-electron chi connectivity index (χ0n) is 16.4. The first kappa shape index (κ1) is 21.0. The van der Waals surface area contributed by atoms with E-state index in [2.05, 4.69) is 20.0 Å². The lowest BCUT2D eigenvalue weighted by Crippen LogP contribution is -2.16. The molecular formula is C20H16F4N4O2S. The van der Waals surface area contributed by atoms with Crippen LogP contribution in [0.15, 0.2) is 30.3 Å². The van der Waals surface area contributed by atoms with Gasteiger partial charge in [-0.15, -0.1) is 13.2 Å². The molecule has 4 rings (SSSR count). The van der Waals surface area contributed by atoms with Gasteiger partial charge in [-0.2, -0.15) is 0 Å². The van der Waals surface area contributed by atoms with Crippen molar-refractivity contribution in [3.8, 4) is 5.75 Å². The van der Waals surface area contributed by atoms with E-state index in [1.54, 1.807) is 11.6 Å². The van der Waals surface area contributed by atoms with Gasteiger partial charge in [-0.05, 0) is 24.6 Å². The molecule has 1 N–H and O–H groups in total. The number of imidazole rings is 1. The van der Waals surface area contributed by atoms with Gasteiger partial charge in [-0.3, -0.25) is 4.79 Å². The maximum atomic E-state index is 14.4. The molecule has 4 aromatic rings. The van der Waals surface area contributed by atoms with E-state index in [0.717, 1.165) is 11.3 Å². The van der Waals surface area contributed by atoms with Crippen LogP contribution in [-0.4, -0.2) is 26.7 Å². The van der Waals surface area contributed by atoms with E-state index in [-0.39, 0.29) is 23.5 Å². The number of halogens is 4. The number of hydrogen-bond donors (Lipinski definition) is 1. The number of nitrogens with zero attached hydrogens (tertiary/aromatic N) is 3. The highest BCUT2D eigenvalue weighted by Gasteiger charge is 2.31. The van der Waals surface area contributed by atoms with Crippen molar-refractivity contribution in [3.63, 3.8) is 0 Å². The smallest absolute Gasteiger partial charge is 0.406 e.